The molecule has 0 amide bonds. The molecule has 2 nitrogen and oxygen atoms in total. The van der Waals surface area contributed by atoms with E-state index in [0.29, 0.717) is 0 Å². The molecular formula is C29H43NO. The third-order valence-electron chi connectivity index (χ3n) is 7.57. The van der Waals surface area contributed by atoms with Crippen LogP contribution in [0.3, 0.4) is 0 Å². The van der Waals surface area contributed by atoms with E-state index in [1.807, 2.05) is 0 Å². The fraction of sp³-hybridized carbons (Fsp3) is 0.586. The van der Waals surface area contributed by atoms with Gasteiger partial charge in [-0.2, -0.15) is 0 Å². The molecule has 2 aromatic carbocycles. The predicted molar refractivity (Wildman–Crippen MR) is 134 cm³/mol. The van der Waals surface area contributed by atoms with Crippen LogP contribution in [0.5, 0.6) is 0 Å². The summed E-state index contributed by atoms with van der Waals surface area (Å²) in [5.74, 6) is 0.0392. The van der Waals surface area contributed by atoms with Crippen molar-refractivity contribution in [2.75, 3.05) is 11.9 Å². The van der Waals surface area contributed by atoms with Crippen LogP contribution in [0.4, 0.5) is 5.69 Å². The molecule has 0 bridgehead atoms. The summed E-state index contributed by atoms with van der Waals surface area (Å²) in [6.45, 7) is 7.81. The van der Waals surface area contributed by atoms with E-state index in [-0.39, 0.29) is 17.4 Å². The highest BCUT2D eigenvalue weighted by atomic mass is 16.3. The van der Waals surface area contributed by atoms with Gasteiger partial charge in [-0.1, -0.05) is 89.3 Å². The van der Waals surface area contributed by atoms with Crippen LogP contribution in [-0.4, -0.2) is 17.8 Å². The van der Waals surface area contributed by atoms with Gasteiger partial charge < -0.3 is 10.4 Å². The van der Waals surface area contributed by atoms with Crippen LogP contribution in [0.15, 0.2) is 48.5 Å². The van der Waals surface area contributed by atoms with Crippen molar-refractivity contribution in [3.63, 3.8) is 0 Å². The molecule has 0 fully saturated rings. The van der Waals surface area contributed by atoms with Crippen LogP contribution in [-0.2, 0) is 6.42 Å². The number of aryl methyl sites for hydroxylation is 1. The molecule has 0 heterocycles. The number of anilines is 1. The van der Waals surface area contributed by atoms with Crippen molar-refractivity contribution < 1.29 is 5.11 Å². The van der Waals surface area contributed by atoms with Gasteiger partial charge in [0, 0.05) is 18.2 Å². The number of fused-ring (bicyclic) bond motifs is 1. The minimum Gasteiger partial charge on any atom is -0.392 e. The van der Waals surface area contributed by atoms with Crippen LogP contribution < -0.4 is 5.32 Å². The van der Waals surface area contributed by atoms with Crippen LogP contribution in [0, 0.1) is 5.41 Å². The number of aliphatic hydroxyl groups excluding tert-OH is 1. The minimum absolute atomic E-state index is 0.0106. The summed E-state index contributed by atoms with van der Waals surface area (Å²) in [4.78, 5) is 0. The molecule has 0 aliphatic heterocycles. The van der Waals surface area contributed by atoms with Crippen molar-refractivity contribution in [1.29, 1.82) is 0 Å². The minimum atomic E-state index is -0.354. The quantitative estimate of drug-likeness (QED) is 0.288. The van der Waals surface area contributed by atoms with Crippen molar-refractivity contribution in [3.05, 3.63) is 65.2 Å². The Labute approximate surface area is 190 Å². The number of aliphatic hydroxyl groups is 1. The van der Waals surface area contributed by atoms with Crippen LogP contribution in [0.25, 0.3) is 0 Å². The normalized spacial score (nSPS) is 23.2. The van der Waals surface area contributed by atoms with E-state index >= 15 is 0 Å². The topological polar surface area (TPSA) is 32.3 Å². The lowest BCUT2D eigenvalue weighted by molar-refractivity contribution is -0.00155. The molecule has 0 radical (unpaired) electrons. The first-order chi connectivity index (χ1) is 15.1. The van der Waals surface area contributed by atoms with E-state index < -0.39 is 0 Å². The summed E-state index contributed by atoms with van der Waals surface area (Å²) < 4.78 is 0. The van der Waals surface area contributed by atoms with Crippen molar-refractivity contribution >= 4 is 5.69 Å². The Kier molecular flexibility index (Phi) is 9.02. The van der Waals surface area contributed by atoms with Gasteiger partial charge in [0.15, 0.2) is 0 Å². The zero-order chi connectivity index (χ0) is 22.1. The number of rotatable bonds is 11. The largest absolute Gasteiger partial charge is 0.392 e. The molecule has 0 saturated carbocycles. The van der Waals surface area contributed by atoms with Crippen molar-refractivity contribution in [3.8, 4) is 0 Å². The molecule has 1 aliphatic carbocycles. The fourth-order valence-electron chi connectivity index (χ4n) is 5.45. The summed E-state index contributed by atoms with van der Waals surface area (Å²) >= 11 is 0. The van der Waals surface area contributed by atoms with Gasteiger partial charge in [0.05, 0.1) is 6.10 Å². The third-order valence-corrected chi connectivity index (χ3v) is 7.57. The first kappa shape index (κ1) is 23.9. The molecule has 0 spiro atoms. The molecule has 0 unspecified atom stereocenters. The smallest absolute Gasteiger partial charge is 0.0705 e. The van der Waals surface area contributed by atoms with Gasteiger partial charge in [0.1, 0.15) is 0 Å². The van der Waals surface area contributed by atoms with Gasteiger partial charge in [-0.3, -0.25) is 0 Å². The van der Waals surface area contributed by atoms with Gasteiger partial charge in [0.2, 0.25) is 0 Å². The van der Waals surface area contributed by atoms with Crippen LogP contribution in [0.1, 0.15) is 101 Å². The van der Waals surface area contributed by atoms with E-state index in [9.17, 15) is 5.11 Å². The summed E-state index contributed by atoms with van der Waals surface area (Å²) in [5, 5.41) is 15.6. The molecule has 1 aliphatic rings. The second kappa shape index (κ2) is 11.7. The number of unbranched alkanes of at least 4 members (excludes halogenated alkanes) is 4. The highest BCUT2D eigenvalue weighted by molar-refractivity contribution is 5.53. The Bertz CT molecular complexity index is 787. The Morgan fingerprint density at radius 2 is 1.71 bits per heavy atom. The molecule has 3 rings (SSSR count). The van der Waals surface area contributed by atoms with E-state index in [0.717, 1.165) is 32.2 Å². The van der Waals surface area contributed by atoms with E-state index in [1.165, 1.54) is 60.9 Å². The van der Waals surface area contributed by atoms with Gasteiger partial charge in [-0.15, -0.1) is 0 Å². The molecule has 3 atom stereocenters. The lowest BCUT2D eigenvalue weighted by Crippen LogP contribution is -2.38. The van der Waals surface area contributed by atoms with Crippen LogP contribution in [0.2, 0.25) is 0 Å². The third kappa shape index (κ3) is 5.71. The van der Waals surface area contributed by atoms with E-state index in [2.05, 4.69) is 74.6 Å². The molecule has 0 aromatic heterocycles. The summed E-state index contributed by atoms with van der Waals surface area (Å²) in [5.41, 5.74) is 5.16. The molecule has 170 valence electrons. The Hall–Kier alpha value is -1.80. The number of benzene rings is 2. The molecular weight excluding hydrogens is 378 g/mol. The SMILES string of the molecule is CCCCCCNc1ccc2c(c1)[C@H](c1ccccc1)[C@H](O)[C@](CC)(CCCC)CC2. The standard InChI is InChI=1S/C29H43NO/c1-4-7-9-13-21-30-25-17-16-23-18-20-29(6-3,19-8-5-2)28(31)27(26(23)22-25)24-14-11-10-12-15-24/h10-12,14-17,22,27-28,30-31H,4-9,13,18-21H2,1-3H3/t27-,28-,29+/m0/s1. The lowest BCUT2D eigenvalue weighted by Gasteiger charge is -2.40. The molecule has 0 saturated heterocycles. The molecule has 31 heavy (non-hydrogen) atoms. The Morgan fingerprint density at radius 3 is 2.42 bits per heavy atom. The van der Waals surface area contributed by atoms with Crippen LogP contribution >= 0.6 is 0 Å². The number of nitrogens with one attached hydrogen (secondary N) is 1. The van der Waals surface area contributed by atoms with Gasteiger partial charge in [0.25, 0.3) is 0 Å². The van der Waals surface area contributed by atoms with E-state index in [1.54, 1.807) is 0 Å². The highest BCUT2D eigenvalue weighted by Crippen LogP contribution is 2.49. The lowest BCUT2D eigenvalue weighted by atomic mass is 9.67. The van der Waals surface area contributed by atoms with Crippen molar-refractivity contribution in [1.82, 2.24) is 0 Å². The Balaban J connectivity index is 1.94. The average Bonchev–Trinajstić information content (AvgIpc) is 2.92. The van der Waals surface area contributed by atoms with E-state index in [4.69, 9.17) is 0 Å². The van der Waals surface area contributed by atoms with Crippen molar-refractivity contribution in [2.24, 2.45) is 5.41 Å². The number of hydrogen-bond acceptors (Lipinski definition) is 2. The summed E-state index contributed by atoms with van der Waals surface area (Å²) in [6.07, 6.45) is 11.4. The zero-order valence-electron chi connectivity index (χ0n) is 20.0. The first-order valence-corrected chi connectivity index (χ1v) is 12.7. The maximum Gasteiger partial charge on any atom is 0.0705 e. The average molecular weight is 422 g/mol. The molecule has 2 heteroatoms. The first-order valence-electron chi connectivity index (χ1n) is 12.7. The second-order valence-corrected chi connectivity index (χ2v) is 9.55. The molecule has 2 N–H and O–H groups in total. The predicted octanol–water partition coefficient (Wildman–Crippen LogP) is 7.70. The molecule has 2 aromatic rings. The summed E-state index contributed by atoms with van der Waals surface area (Å²) in [6, 6.07) is 17.6. The van der Waals surface area contributed by atoms with Gasteiger partial charge in [-0.05, 0) is 66.3 Å². The number of hydrogen-bond donors (Lipinski definition) is 2. The zero-order valence-corrected chi connectivity index (χ0v) is 20.0. The van der Waals surface area contributed by atoms with Gasteiger partial charge >= 0.3 is 0 Å². The van der Waals surface area contributed by atoms with Crippen molar-refractivity contribution in [2.45, 2.75) is 97.0 Å². The monoisotopic (exact) mass is 421 g/mol. The maximum atomic E-state index is 11.9. The fourth-order valence-corrected chi connectivity index (χ4v) is 5.45. The second-order valence-electron chi connectivity index (χ2n) is 9.55. The highest BCUT2D eigenvalue weighted by Gasteiger charge is 2.43. The van der Waals surface area contributed by atoms with Gasteiger partial charge in [-0.25, -0.2) is 0 Å². The summed E-state index contributed by atoms with van der Waals surface area (Å²) in [7, 11) is 0. The Morgan fingerprint density at radius 1 is 0.935 bits per heavy atom. The maximum absolute atomic E-state index is 11.9.